The minimum absolute atomic E-state index is 0.336. The predicted molar refractivity (Wildman–Crippen MR) is 70.1 cm³/mol. The molecular formula is C15H17NO. The second-order valence-corrected chi connectivity index (χ2v) is 4.52. The van der Waals surface area contributed by atoms with E-state index in [0.717, 1.165) is 28.8 Å². The highest BCUT2D eigenvalue weighted by molar-refractivity contribution is 5.79. The summed E-state index contributed by atoms with van der Waals surface area (Å²) < 4.78 is 0. The van der Waals surface area contributed by atoms with Crippen LogP contribution in [0.3, 0.4) is 0 Å². The molecule has 0 amide bonds. The van der Waals surface area contributed by atoms with E-state index in [0.29, 0.717) is 12.3 Å². The lowest BCUT2D eigenvalue weighted by atomic mass is 9.97. The van der Waals surface area contributed by atoms with Crippen LogP contribution in [0.25, 0.3) is 5.70 Å². The summed E-state index contributed by atoms with van der Waals surface area (Å²) in [6.45, 7) is 4.19. The van der Waals surface area contributed by atoms with Crippen molar-refractivity contribution in [1.82, 2.24) is 5.32 Å². The first-order chi connectivity index (χ1) is 8.22. The molecule has 0 spiro atoms. The van der Waals surface area contributed by atoms with Gasteiger partial charge in [-0.2, -0.15) is 0 Å². The molecule has 0 aromatic heterocycles. The van der Waals surface area contributed by atoms with Crippen LogP contribution >= 0.6 is 0 Å². The van der Waals surface area contributed by atoms with Gasteiger partial charge in [-0.05, 0) is 17.9 Å². The van der Waals surface area contributed by atoms with E-state index in [1.54, 1.807) is 0 Å². The number of hydrogen-bond donors (Lipinski definition) is 1. The van der Waals surface area contributed by atoms with E-state index in [1.807, 2.05) is 18.2 Å². The molecule has 17 heavy (non-hydrogen) atoms. The maximum Gasteiger partial charge on any atom is 0.148 e. The molecule has 1 aliphatic heterocycles. The number of hydrogen-bond acceptors (Lipinski definition) is 2. The normalized spacial score (nSPS) is 15.6. The summed E-state index contributed by atoms with van der Waals surface area (Å²) in [4.78, 5) is 11.0. The molecular weight excluding hydrogens is 210 g/mol. The molecule has 1 heterocycles. The zero-order chi connectivity index (χ0) is 12.3. The minimum Gasteiger partial charge on any atom is -0.358 e. The monoisotopic (exact) mass is 227 g/mol. The van der Waals surface area contributed by atoms with Crippen molar-refractivity contribution in [3.63, 3.8) is 0 Å². The van der Waals surface area contributed by atoms with Crippen LogP contribution in [0.1, 0.15) is 25.8 Å². The van der Waals surface area contributed by atoms with Crippen molar-refractivity contribution in [2.45, 2.75) is 20.3 Å². The van der Waals surface area contributed by atoms with Gasteiger partial charge in [0.1, 0.15) is 6.29 Å². The molecule has 0 unspecified atom stereocenters. The summed E-state index contributed by atoms with van der Waals surface area (Å²) >= 11 is 0. The molecule has 1 aromatic rings. The van der Waals surface area contributed by atoms with Crippen LogP contribution in [0, 0.1) is 5.92 Å². The van der Waals surface area contributed by atoms with Gasteiger partial charge in [0, 0.05) is 17.0 Å². The lowest BCUT2D eigenvalue weighted by molar-refractivity contribution is -0.105. The number of nitrogens with one attached hydrogen (secondary N) is 1. The van der Waals surface area contributed by atoms with Gasteiger partial charge in [0.05, 0.1) is 0 Å². The molecule has 0 saturated carbocycles. The molecule has 2 heteroatoms. The summed E-state index contributed by atoms with van der Waals surface area (Å²) in [7, 11) is 0. The number of dihydropyridines is 1. The summed E-state index contributed by atoms with van der Waals surface area (Å²) in [6.07, 6.45) is 3.75. The Balaban J connectivity index is 2.27. The number of aldehydes is 1. The van der Waals surface area contributed by atoms with Crippen LogP contribution in [-0.4, -0.2) is 6.29 Å². The Kier molecular flexibility index (Phi) is 3.43. The molecule has 0 saturated heterocycles. The molecule has 88 valence electrons. The number of carbonyl (C=O) groups is 1. The zero-order valence-corrected chi connectivity index (χ0v) is 10.2. The molecule has 2 rings (SSSR count). The maximum absolute atomic E-state index is 11.0. The van der Waals surface area contributed by atoms with E-state index < -0.39 is 0 Å². The average molecular weight is 227 g/mol. The fourth-order valence-electron chi connectivity index (χ4n) is 2.03. The Morgan fingerprint density at radius 3 is 2.53 bits per heavy atom. The summed E-state index contributed by atoms with van der Waals surface area (Å²) in [5, 5.41) is 3.38. The van der Waals surface area contributed by atoms with Crippen molar-refractivity contribution >= 4 is 12.0 Å². The number of allylic oxidation sites excluding steroid dienone is 3. The lowest BCUT2D eigenvalue weighted by Crippen LogP contribution is -2.22. The highest BCUT2D eigenvalue weighted by Gasteiger charge is 2.16. The largest absolute Gasteiger partial charge is 0.358 e. The molecule has 1 aliphatic rings. The lowest BCUT2D eigenvalue weighted by Gasteiger charge is -2.23. The van der Waals surface area contributed by atoms with Gasteiger partial charge >= 0.3 is 0 Å². The summed E-state index contributed by atoms with van der Waals surface area (Å²) in [5.74, 6) is 0.336. The van der Waals surface area contributed by atoms with Gasteiger partial charge in [0.2, 0.25) is 0 Å². The van der Waals surface area contributed by atoms with E-state index >= 15 is 0 Å². The highest BCUT2D eigenvalue weighted by atomic mass is 16.1. The van der Waals surface area contributed by atoms with Crippen molar-refractivity contribution in [3.05, 3.63) is 53.2 Å². The SMILES string of the molecule is CC(C)C1=C(C=O)CC=C(c2ccccc2)N1. The van der Waals surface area contributed by atoms with Gasteiger partial charge in [-0.1, -0.05) is 50.3 Å². The molecule has 0 fully saturated rings. The fraction of sp³-hybridized carbons (Fsp3) is 0.267. The van der Waals surface area contributed by atoms with E-state index in [4.69, 9.17) is 0 Å². The molecule has 0 atom stereocenters. The van der Waals surface area contributed by atoms with Gasteiger partial charge in [0.25, 0.3) is 0 Å². The summed E-state index contributed by atoms with van der Waals surface area (Å²) in [5.41, 5.74) is 4.16. The average Bonchev–Trinajstić information content (AvgIpc) is 2.39. The topological polar surface area (TPSA) is 29.1 Å². The Hall–Kier alpha value is -1.83. The number of rotatable bonds is 3. The number of benzene rings is 1. The van der Waals surface area contributed by atoms with Crippen molar-refractivity contribution in [3.8, 4) is 0 Å². The highest BCUT2D eigenvalue weighted by Crippen LogP contribution is 2.25. The first-order valence-electron chi connectivity index (χ1n) is 5.93. The van der Waals surface area contributed by atoms with E-state index in [1.165, 1.54) is 0 Å². The third-order valence-corrected chi connectivity index (χ3v) is 2.95. The van der Waals surface area contributed by atoms with Gasteiger partial charge in [-0.15, -0.1) is 0 Å². The third kappa shape index (κ3) is 2.47. The third-order valence-electron chi connectivity index (χ3n) is 2.95. The molecule has 0 aliphatic carbocycles. The molecule has 1 N–H and O–H groups in total. The standard InChI is InChI=1S/C15H17NO/c1-11(2)15-13(10-17)8-9-14(16-15)12-6-4-3-5-7-12/h3-7,9-11,16H,8H2,1-2H3. The Labute approximate surface area is 102 Å². The minimum atomic E-state index is 0.336. The van der Waals surface area contributed by atoms with Gasteiger partial charge < -0.3 is 5.32 Å². The van der Waals surface area contributed by atoms with E-state index in [2.05, 4.69) is 37.4 Å². The van der Waals surface area contributed by atoms with E-state index in [-0.39, 0.29) is 0 Å². The summed E-state index contributed by atoms with van der Waals surface area (Å²) in [6, 6.07) is 10.2. The quantitative estimate of drug-likeness (QED) is 0.804. The second-order valence-electron chi connectivity index (χ2n) is 4.52. The van der Waals surface area contributed by atoms with Crippen LogP contribution < -0.4 is 5.32 Å². The molecule has 2 nitrogen and oxygen atoms in total. The molecule has 1 aromatic carbocycles. The van der Waals surface area contributed by atoms with Crippen LogP contribution in [0.15, 0.2) is 47.7 Å². The predicted octanol–water partition coefficient (Wildman–Crippen LogP) is 3.13. The van der Waals surface area contributed by atoms with Gasteiger partial charge in [-0.25, -0.2) is 0 Å². The maximum atomic E-state index is 11.0. The van der Waals surface area contributed by atoms with E-state index in [9.17, 15) is 4.79 Å². The van der Waals surface area contributed by atoms with Gasteiger partial charge in [0.15, 0.2) is 0 Å². The zero-order valence-electron chi connectivity index (χ0n) is 10.2. The number of carbonyl (C=O) groups excluding carboxylic acids is 1. The Morgan fingerprint density at radius 2 is 1.94 bits per heavy atom. The van der Waals surface area contributed by atoms with Crippen LogP contribution in [0.4, 0.5) is 0 Å². The van der Waals surface area contributed by atoms with Crippen molar-refractivity contribution in [2.24, 2.45) is 5.92 Å². The van der Waals surface area contributed by atoms with Crippen LogP contribution in [0.5, 0.6) is 0 Å². The first kappa shape index (κ1) is 11.6. The second kappa shape index (κ2) is 5.00. The van der Waals surface area contributed by atoms with Crippen molar-refractivity contribution in [2.75, 3.05) is 0 Å². The fourth-order valence-corrected chi connectivity index (χ4v) is 2.03. The first-order valence-corrected chi connectivity index (χ1v) is 5.93. The molecule has 0 bridgehead atoms. The van der Waals surface area contributed by atoms with Crippen LogP contribution in [-0.2, 0) is 4.79 Å². The smallest absolute Gasteiger partial charge is 0.148 e. The molecule has 0 radical (unpaired) electrons. The Morgan fingerprint density at radius 1 is 1.24 bits per heavy atom. The van der Waals surface area contributed by atoms with Crippen LogP contribution in [0.2, 0.25) is 0 Å². The van der Waals surface area contributed by atoms with Crippen molar-refractivity contribution in [1.29, 1.82) is 0 Å². The van der Waals surface area contributed by atoms with Gasteiger partial charge in [-0.3, -0.25) is 4.79 Å². The van der Waals surface area contributed by atoms with Crippen molar-refractivity contribution < 1.29 is 4.79 Å². The Bertz CT molecular complexity index is 469.